The summed E-state index contributed by atoms with van der Waals surface area (Å²) in [6.07, 6.45) is 5.28. The van der Waals surface area contributed by atoms with Gasteiger partial charge in [0.05, 0.1) is 6.61 Å². The minimum absolute atomic E-state index is 0. The minimum atomic E-state index is 0. The fourth-order valence-corrected chi connectivity index (χ4v) is 2.08. The second-order valence-corrected chi connectivity index (χ2v) is 4.09. The van der Waals surface area contributed by atoms with Crippen LogP contribution < -0.4 is 5.32 Å². The van der Waals surface area contributed by atoms with Crippen LogP contribution in [0.15, 0.2) is 0 Å². The lowest BCUT2D eigenvalue weighted by molar-refractivity contribution is 0.192. The zero-order chi connectivity index (χ0) is 10.2. The molecular weight excluding hydrogens is 247 g/mol. The second kappa shape index (κ2) is 11.9. The van der Waals surface area contributed by atoms with E-state index in [1.54, 1.807) is 0 Å². The molecule has 0 aromatic heterocycles. The fraction of sp³-hybridized carbons (Fsp3) is 1.00. The average Bonchev–Trinajstić information content (AvgIpc) is 2.25. The van der Waals surface area contributed by atoms with Crippen molar-refractivity contribution in [2.24, 2.45) is 0 Å². The highest BCUT2D eigenvalue weighted by atomic mass is 35.5. The molecule has 1 heterocycles. The van der Waals surface area contributed by atoms with Crippen molar-refractivity contribution >= 4 is 24.8 Å². The van der Waals surface area contributed by atoms with Crippen molar-refractivity contribution in [2.45, 2.75) is 38.6 Å². The zero-order valence-corrected chi connectivity index (χ0v) is 11.8. The van der Waals surface area contributed by atoms with Gasteiger partial charge in [0.1, 0.15) is 0 Å². The molecule has 1 atom stereocenters. The van der Waals surface area contributed by atoms with Crippen LogP contribution >= 0.6 is 24.8 Å². The van der Waals surface area contributed by atoms with Crippen molar-refractivity contribution in [1.82, 2.24) is 10.2 Å². The number of hydrogen-bond acceptors (Lipinski definition) is 3. The van der Waals surface area contributed by atoms with Crippen LogP contribution in [0.25, 0.3) is 0 Å². The van der Waals surface area contributed by atoms with Gasteiger partial charge in [-0.3, -0.25) is 0 Å². The van der Waals surface area contributed by atoms with Crippen LogP contribution in [0, 0.1) is 0 Å². The Morgan fingerprint density at radius 3 is 2.50 bits per heavy atom. The normalized spacial score (nSPS) is 20.1. The van der Waals surface area contributed by atoms with Gasteiger partial charge in [0, 0.05) is 12.6 Å². The van der Waals surface area contributed by atoms with Gasteiger partial charge in [-0.05, 0) is 38.9 Å². The molecule has 100 valence electrons. The van der Waals surface area contributed by atoms with Gasteiger partial charge in [-0.15, -0.1) is 24.8 Å². The van der Waals surface area contributed by atoms with Crippen LogP contribution in [0.2, 0.25) is 0 Å². The molecule has 1 unspecified atom stereocenters. The van der Waals surface area contributed by atoms with Gasteiger partial charge in [0.25, 0.3) is 0 Å². The number of aliphatic hydroxyl groups is 1. The molecule has 1 aliphatic rings. The summed E-state index contributed by atoms with van der Waals surface area (Å²) in [6.45, 7) is 6.62. The molecule has 1 saturated heterocycles. The largest absolute Gasteiger partial charge is 0.395 e. The van der Waals surface area contributed by atoms with Crippen molar-refractivity contribution in [3.63, 3.8) is 0 Å². The molecule has 5 heteroatoms. The van der Waals surface area contributed by atoms with E-state index in [-0.39, 0.29) is 31.4 Å². The van der Waals surface area contributed by atoms with E-state index in [4.69, 9.17) is 5.11 Å². The van der Waals surface area contributed by atoms with Gasteiger partial charge in [0.2, 0.25) is 0 Å². The van der Waals surface area contributed by atoms with Gasteiger partial charge < -0.3 is 15.3 Å². The molecule has 0 amide bonds. The molecule has 1 rings (SSSR count). The first kappa shape index (κ1) is 18.8. The molecule has 0 saturated carbocycles. The maximum atomic E-state index is 8.85. The van der Waals surface area contributed by atoms with Crippen LogP contribution in [0.5, 0.6) is 0 Å². The quantitative estimate of drug-likeness (QED) is 0.773. The Morgan fingerprint density at radius 1 is 1.25 bits per heavy atom. The van der Waals surface area contributed by atoms with E-state index in [1.807, 2.05) is 0 Å². The predicted molar refractivity (Wildman–Crippen MR) is 74.0 cm³/mol. The highest BCUT2D eigenvalue weighted by Crippen LogP contribution is 2.10. The molecule has 16 heavy (non-hydrogen) atoms. The second-order valence-electron chi connectivity index (χ2n) is 4.09. The Bertz CT molecular complexity index is 139. The molecule has 0 radical (unpaired) electrons. The number of likely N-dealkylation sites (N-methyl/N-ethyl adjacent to an activating group) is 1. The monoisotopic (exact) mass is 272 g/mol. The smallest absolute Gasteiger partial charge is 0.0558 e. The lowest BCUT2D eigenvalue weighted by atomic mass is 10.0. The van der Waals surface area contributed by atoms with Crippen LogP contribution in [0.3, 0.4) is 0 Å². The molecule has 0 spiro atoms. The Morgan fingerprint density at radius 2 is 2.00 bits per heavy atom. The van der Waals surface area contributed by atoms with Crippen LogP contribution in [-0.4, -0.2) is 48.8 Å². The van der Waals surface area contributed by atoms with Crippen LogP contribution in [0.4, 0.5) is 0 Å². The van der Waals surface area contributed by atoms with E-state index in [0.717, 1.165) is 25.7 Å². The summed E-state index contributed by atoms with van der Waals surface area (Å²) in [5.41, 5.74) is 0. The Hall–Kier alpha value is 0.460. The standard InChI is InChI=1S/C11H24N2O.2ClH/c1-2-13(9-10-14)8-6-11-5-3-4-7-12-11;;/h11-12,14H,2-10H2,1H3;2*1H. The molecule has 0 bridgehead atoms. The molecule has 3 nitrogen and oxygen atoms in total. The van der Waals surface area contributed by atoms with Crippen molar-refractivity contribution in [2.75, 3.05) is 32.8 Å². The third-order valence-corrected chi connectivity index (χ3v) is 3.07. The summed E-state index contributed by atoms with van der Waals surface area (Å²) < 4.78 is 0. The average molecular weight is 273 g/mol. The van der Waals surface area contributed by atoms with Crippen molar-refractivity contribution < 1.29 is 5.11 Å². The highest BCUT2D eigenvalue weighted by Gasteiger charge is 2.13. The maximum Gasteiger partial charge on any atom is 0.0558 e. The molecule has 1 aliphatic heterocycles. The summed E-state index contributed by atoms with van der Waals surface area (Å²) in [5.74, 6) is 0. The van der Waals surface area contributed by atoms with Gasteiger partial charge in [-0.25, -0.2) is 0 Å². The molecule has 0 aromatic carbocycles. The van der Waals surface area contributed by atoms with Crippen molar-refractivity contribution in [3.05, 3.63) is 0 Å². The number of hydrogen-bond donors (Lipinski definition) is 2. The number of rotatable bonds is 6. The zero-order valence-electron chi connectivity index (χ0n) is 10.2. The summed E-state index contributed by atoms with van der Waals surface area (Å²) in [4.78, 5) is 2.32. The Balaban J connectivity index is 0. The van der Waals surface area contributed by atoms with Crippen molar-refractivity contribution in [1.29, 1.82) is 0 Å². The summed E-state index contributed by atoms with van der Waals surface area (Å²) in [5, 5.41) is 12.4. The van der Waals surface area contributed by atoms with E-state index in [2.05, 4.69) is 17.1 Å². The Kier molecular flexibility index (Phi) is 14.0. The molecule has 2 N–H and O–H groups in total. The SMILES string of the molecule is CCN(CCO)CCC1CCCCN1.Cl.Cl. The minimum Gasteiger partial charge on any atom is -0.395 e. The van der Waals surface area contributed by atoms with E-state index in [1.165, 1.54) is 32.2 Å². The third-order valence-electron chi connectivity index (χ3n) is 3.07. The summed E-state index contributed by atoms with van der Waals surface area (Å²) in [7, 11) is 0. The number of halogens is 2. The highest BCUT2D eigenvalue weighted by molar-refractivity contribution is 5.85. The number of aliphatic hydroxyl groups excluding tert-OH is 1. The van der Waals surface area contributed by atoms with Gasteiger partial charge in [-0.1, -0.05) is 13.3 Å². The maximum absolute atomic E-state index is 8.85. The van der Waals surface area contributed by atoms with Crippen molar-refractivity contribution in [3.8, 4) is 0 Å². The van der Waals surface area contributed by atoms with Gasteiger partial charge in [-0.2, -0.15) is 0 Å². The van der Waals surface area contributed by atoms with E-state index < -0.39 is 0 Å². The first-order valence-electron chi connectivity index (χ1n) is 5.93. The van der Waals surface area contributed by atoms with Crippen LogP contribution in [0.1, 0.15) is 32.6 Å². The van der Waals surface area contributed by atoms with E-state index >= 15 is 0 Å². The first-order valence-corrected chi connectivity index (χ1v) is 5.93. The Labute approximate surface area is 112 Å². The van der Waals surface area contributed by atoms with Gasteiger partial charge in [0.15, 0.2) is 0 Å². The lowest BCUT2D eigenvalue weighted by Gasteiger charge is -2.26. The first-order chi connectivity index (χ1) is 6.86. The molecule has 1 fully saturated rings. The lowest BCUT2D eigenvalue weighted by Crippen LogP contribution is -2.38. The topological polar surface area (TPSA) is 35.5 Å². The van der Waals surface area contributed by atoms with E-state index in [0.29, 0.717) is 0 Å². The third kappa shape index (κ3) is 7.69. The fourth-order valence-electron chi connectivity index (χ4n) is 2.08. The molecular formula is C11H26Cl2N2O. The molecule has 0 aromatic rings. The number of nitrogens with zero attached hydrogens (tertiary/aromatic N) is 1. The van der Waals surface area contributed by atoms with Gasteiger partial charge >= 0.3 is 0 Å². The number of nitrogens with one attached hydrogen (secondary N) is 1. The summed E-state index contributed by atoms with van der Waals surface area (Å²) in [6, 6.07) is 0.719. The summed E-state index contributed by atoms with van der Waals surface area (Å²) >= 11 is 0. The predicted octanol–water partition coefficient (Wildman–Crippen LogP) is 1.68. The molecule has 0 aliphatic carbocycles. The van der Waals surface area contributed by atoms with E-state index in [9.17, 15) is 0 Å². The number of piperidine rings is 1. The van der Waals surface area contributed by atoms with Crippen LogP contribution in [-0.2, 0) is 0 Å².